The average molecular weight is 528 g/mol. The Balaban J connectivity index is 1.58. The monoisotopic (exact) mass is 526 g/mol. The summed E-state index contributed by atoms with van der Waals surface area (Å²) in [4.78, 5) is 35.6. The van der Waals surface area contributed by atoms with E-state index in [2.05, 4.69) is 37.1 Å². The number of carbonyl (C=O) groups excluding carboxylic acids is 3. The molecule has 1 aliphatic carbocycles. The van der Waals surface area contributed by atoms with Gasteiger partial charge in [-0.25, -0.2) is 5.43 Å². The lowest BCUT2D eigenvalue weighted by Gasteiger charge is -2.11. The summed E-state index contributed by atoms with van der Waals surface area (Å²) in [5, 5.41) is 9.52. The van der Waals surface area contributed by atoms with Crippen molar-refractivity contribution in [1.82, 2.24) is 10.7 Å². The first-order valence-corrected chi connectivity index (χ1v) is 10.7. The molecule has 1 fully saturated rings. The molecular formula is C20H17BrCl2N4O4. The van der Waals surface area contributed by atoms with Gasteiger partial charge in [0.15, 0.2) is 6.61 Å². The number of anilines is 1. The fraction of sp³-hybridized carbons (Fsp3) is 0.200. The molecule has 1 saturated carbocycles. The van der Waals surface area contributed by atoms with Crippen LogP contribution in [0.4, 0.5) is 5.69 Å². The van der Waals surface area contributed by atoms with Crippen molar-refractivity contribution in [3.63, 3.8) is 0 Å². The Morgan fingerprint density at radius 2 is 1.94 bits per heavy atom. The average Bonchev–Trinajstić information content (AvgIpc) is 3.54. The van der Waals surface area contributed by atoms with Crippen molar-refractivity contribution >= 4 is 68.8 Å². The second-order valence-electron chi connectivity index (χ2n) is 6.57. The van der Waals surface area contributed by atoms with Gasteiger partial charge >= 0.3 is 11.8 Å². The fourth-order valence-electron chi connectivity index (χ4n) is 2.37. The van der Waals surface area contributed by atoms with Crippen molar-refractivity contribution in [2.45, 2.75) is 18.9 Å². The number of hydrogen-bond acceptors (Lipinski definition) is 5. The van der Waals surface area contributed by atoms with Crippen molar-refractivity contribution < 1.29 is 19.1 Å². The smallest absolute Gasteiger partial charge is 0.329 e. The fourth-order valence-corrected chi connectivity index (χ4v) is 3.10. The van der Waals surface area contributed by atoms with Gasteiger partial charge in [0.2, 0.25) is 0 Å². The molecule has 0 saturated heterocycles. The number of nitrogens with zero attached hydrogens (tertiary/aromatic N) is 1. The minimum absolute atomic E-state index is 0.0697. The standard InChI is InChI=1S/C20H17BrCl2N4O4/c21-12-4-7-16(31-10-17(28)26-15-3-1-2-14(22)18(15)23)11(8-12)9-24-27-20(30)19(29)25-13-5-6-13/h1-4,7-9,13H,5-6,10H2,(H,25,29)(H,26,28)(H,27,30)/b24-9-. The van der Waals surface area contributed by atoms with Crippen molar-refractivity contribution in [1.29, 1.82) is 0 Å². The third-order valence-electron chi connectivity index (χ3n) is 4.04. The second-order valence-corrected chi connectivity index (χ2v) is 8.27. The molecule has 1 aliphatic rings. The van der Waals surface area contributed by atoms with E-state index in [0.717, 1.165) is 17.3 Å². The van der Waals surface area contributed by atoms with Crippen LogP contribution < -0.4 is 20.8 Å². The molecule has 0 bridgehead atoms. The number of nitrogens with one attached hydrogen (secondary N) is 3. The van der Waals surface area contributed by atoms with E-state index >= 15 is 0 Å². The summed E-state index contributed by atoms with van der Waals surface area (Å²) in [5.41, 5.74) is 3.01. The first kappa shape index (κ1) is 23.1. The summed E-state index contributed by atoms with van der Waals surface area (Å²) < 4.78 is 6.30. The molecule has 0 aliphatic heterocycles. The Morgan fingerprint density at radius 3 is 2.68 bits per heavy atom. The van der Waals surface area contributed by atoms with Crippen LogP contribution in [0.15, 0.2) is 46.0 Å². The molecule has 0 atom stereocenters. The maximum atomic E-state index is 12.2. The molecule has 162 valence electrons. The normalized spacial score (nSPS) is 13.0. The molecule has 0 radical (unpaired) electrons. The van der Waals surface area contributed by atoms with Gasteiger partial charge in [-0.3, -0.25) is 14.4 Å². The molecule has 3 rings (SSSR count). The summed E-state index contributed by atoms with van der Waals surface area (Å²) >= 11 is 15.3. The molecule has 0 heterocycles. The first-order chi connectivity index (χ1) is 14.8. The predicted molar refractivity (Wildman–Crippen MR) is 122 cm³/mol. The van der Waals surface area contributed by atoms with Crippen LogP contribution in [0, 0.1) is 0 Å². The third kappa shape index (κ3) is 6.95. The highest BCUT2D eigenvalue weighted by atomic mass is 79.9. The zero-order valence-electron chi connectivity index (χ0n) is 16.0. The molecule has 11 heteroatoms. The number of benzene rings is 2. The molecule has 0 spiro atoms. The molecule has 8 nitrogen and oxygen atoms in total. The van der Waals surface area contributed by atoms with Crippen LogP contribution in [-0.4, -0.2) is 36.6 Å². The zero-order chi connectivity index (χ0) is 22.4. The molecule has 2 aromatic carbocycles. The number of halogens is 3. The van der Waals surface area contributed by atoms with E-state index in [1.54, 1.807) is 36.4 Å². The van der Waals surface area contributed by atoms with Crippen LogP contribution in [0.5, 0.6) is 5.75 Å². The Labute approximate surface area is 196 Å². The Morgan fingerprint density at radius 1 is 1.16 bits per heavy atom. The lowest BCUT2D eigenvalue weighted by molar-refractivity contribution is -0.139. The highest BCUT2D eigenvalue weighted by Crippen LogP contribution is 2.29. The summed E-state index contributed by atoms with van der Waals surface area (Å²) in [6, 6.07) is 9.99. The van der Waals surface area contributed by atoms with Crippen molar-refractivity contribution in [2.75, 3.05) is 11.9 Å². The van der Waals surface area contributed by atoms with Gasteiger partial charge < -0.3 is 15.4 Å². The van der Waals surface area contributed by atoms with Crippen molar-refractivity contribution in [2.24, 2.45) is 5.10 Å². The Kier molecular flexibility index (Phi) is 7.89. The molecule has 2 aromatic rings. The highest BCUT2D eigenvalue weighted by molar-refractivity contribution is 9.10. The topological polar surface area (TPSA) is 109 Å². The number of amides is 3. The minimum atomic E-state index is -0.863. The SMILES string of the molecule is O=C(COc1ccc(Br)cc1/C=N\NC(=O)C(=O)NC1CC1)Nc1cccc(Cl)c1Cl. The Hall–Kier alpha value is -2.62. The highest BCUT2D eigenvalue weighted by Gasteiger charge is 2.26. The lowest BCUT2D eigenvalue weighted by Crippen LogP contribution is -2.38. The van der Waals surface area contributed by atoms with Crippen LogP contribution >= 0.6 is 39.1 Å². The zero-order valence-corrected chi connectivity index (χ0v) is 19.1. The summed E-state index contributed by atoms with van der Waals surface area (Å²) in [6.45, 7) is -0.304. The molecule has 0 aromatic heterocycles. The number of ether oxygens (including phenoxy) is 1. The van der Waals surface area contributed by atoms with Crippen LogP contribution in [-0.2, 0) is 14.4 Å². The molecule has 3 amide bonds. The minimum Gasteiger partial charge on any atom is -0.483 e. The number of carbonyl (C=O) groups is 3. The van der Waals surface area contributed by atoms with Crippen molar-refractivity contribution in [3.05, 3.63) is 56.5 Å². The summed E-state index contributed by atoms with van der Waals surface area (Å²) in [7, 11) is 0. The van der Waals surface area contributed by atoms with Crippen LogP contribution in [0.2, 0.25) is 10.0 Å². The van der Waals surface area contributed by atoms with Crippen LogP contribution in [0.1, 0.15) is 18.4 Å². The number of hydrazone groups is 1. The number of hydrogen-bond donors (Lipinski definition) is 3. The summed E-state index contributed by atoms with van der Waals surface area (Å²) in [5.74, 6) is -1.70. The van der Waals surface area contributed by atoms with Gasteiger partial charge in [-0.1, -0.05) is 45.2 Å². The Bertz CT molecular complexity index is 1040. The lowest BCUT2D eigenvalue weighted by atomic mass is 10.2. The van der Waals surface area contributed by atoms with E-state index in [1.807, 2.05) is 0 Å². The van der Waals surface area contributed by atoms with E-state index in [4.69, 9.17) is 27.9 Å². The van der Waals surface area contributed by atoms with Crippen LogP contribution in [0.25, 0.3) is 0 Å². The maximum absolute atomic E-state index is 12.2. The van der Waals surface area contributed by atoms with Gasteiger partial charge in [0, 0.05) is 16.1 Å². The van der Waals surface area contributed by atoms with Gasteiger partial charge in [0.1, 0.15) is 5.75 Å². The van der Waals surface area contributed by atoms with E-state index in [-0.39, 0.29) is 17.7 Å². The van der Waals surface area contributed by atoms with Gasteiger partial charge in [0.05, 0.1) is 21.9 Å². The van der Waals surface area contributed by atoms with E-state index in [9.17, 15) is 14.4 Å². The molecule has 3 N–H and O–H groups in total. The van der Waals surface area contributed by atoms with E-state index in [1.165, 1.54) is 6.21 Å². The largest absolute Gasteiger partial charge is 0.483 e. The quantitative estimate of drug-likeness (QED) is 0.291. The third-order valence-corrected chi connectivity index (χ3v) is 5.36. The molecular weight excluding hydrogens is 511 g/mol. The number of rotatable bonds is 7. The van der Waals surface area contributed by atoms with Crippen molar-refractivity contribution in [3.8, 4) is 5.75 Å². The summed E-state index contributed by atoms with van der Waals surface area (Å²) in [6.07, 6.45) is 3.06. The second kappa shape index (κ2) is 10.6. The van der Waals surface area contributed by atoms with Gasteiger partial charge in [-0.15, -0.1) is 0 Å². The van der Waals surface area contributed by atoms with E-state index in [0.29, 0.717) is 22.0 Å². The van der Waals surface area contributed by atoms with Gasteiger partial charge in [0.25, 0.3) is 5.91 Å². The van der Waals surface area contributed by atoms with E-state index < -0.39 is 17.7 Å². The van der Waals surface area contributed by atoms with Gasteiger partial charge in [-0.05, 0) is 43.2 Å². The maximum Gasteiger partial charge on any atom is 0.329 e. The first-order valence-electron chi connectivity index (χ1n) is 9.13. The van der Waals surface area contributed by atoms with Crippen LogP contribution in [0.3, 0.4) is 0 Å². The van der Waals surface area contributed by atoms with Gasteiger partial charge in [-0.2, -0.15) is 5.10 Å². The molecule has 0 unspecified atom stereocenters. The molecule has 31 heavy (non-hydrogen) atoms. The predicted octanol–water partition coefficient (Wildman–Crippen LogP) is 3.50.